The number of piperidine rings is 1. The predicted octanol–water partition coefficient (Wildman–Crippen LogP) is 4.44. The molecule has 1 aromatic heterocycles. The maximum Gasteiger partial charge on any atom is 0.413 e. The molecule has 1 fully saturated rings. The van der Waals surface area contributed by atoms with E-state index < -0.39 is 18.0 Å². The van der Waals surface area contributed by atoms with E-state index in [0.29, 0.717) is 19.4 Å². The van der Waals surface area contributed by atoms with E-state index in [1.807, 2.05) is 24.3 Å². The highest BCUT2D eigenvalue weighted by Gasteiger charge is 2.31. The van der Waals surface area contributed by atoms with E-state index in [1.165, 1.54) is 4.90 Å². The van der Waals surface area contributed by atoms with E-state index in [0.717, 1.165) is 33.6 Å². The van der Waals surface area contributed by atoms with Crippen molar-refractivity contribution in [3.05, 3.63) is 70.7 Å². The number of carbonyl (C=O) groups excluding carboxylic acids is 2. The molecule has 2 aromatic carbocycles. The van der Waals surface area contributed by atoms with Gasteiger partial charge in [0.1, 0.15) is 12.3 Å². The van der Waals surface area contributed by atoms with Gasteiger partial charge in [0.25, 0.3) is 5.91 Å². The summed E-state index contributed by atoms with van der Waals surface area (Å²) in [5, 5.41) is 13.7. The van der Waals surface area contributed by atoms with Crippen LogP contribution in [0.1, 0.15) is 40.4 Å². The number of fused-ring (bicyclic) bond motifs is 3. The van der Waals surface area contributed by atoms with Crippen LogP contribution in [0.25, 0.3) is 11.1 Å². The molecule has 1 atom stereocenters. The molecule has 2 amide bonds. The molecule has 0 radical (unpaired) electrons. The van der Waals surface area contributed by atoms with Crippen LogP contribution in [-0.2, 0) is 9.53 Å². The number of nitrogens with zero attached hydrogens (tertiary/aromatic N) is 2. The summed E-state index contributed by atoms with van der Waals surface area (Å²) in [6.45, 7) is 0.845. The number of benzene rings is 2. The van der Waals surface area contributed by atoms with Crippen molar-refractivity contribution in [2.45, 2.75) is 18.8 Å². The molecule has 0 spiro atoms. The molecule has 2 heterocycles. The van der Waals surface area contributed by atoms with Gasteiger partial charge in [0.2, 0.25) is 0 Å². The highest BCUT2D eigenvalue weighted by molar-refractivity contribution is 7.14. The Morgan fingerprint density at radius 3 is 2.44 bits per heavy atom. The molecule has 1 aliphatic carbocycles. The first-order chi connectivity index (χ1) is 16.5. The molecule has 3 aromatic rings. The predicted molar refractivity (Wildman–Crippen MR) is 127 cm³/mol. The first-order valence-corrected chi connectivity index (χ1v) is 12.0. The number of aliphatic carboxylic acids is 1. The zero-order valence-electron chi connectivity index (χ0n) is 18.3. The van der Waals surface area contributed by atoms with Gasteiger partial charge in [-0.25, -0.2) is 9.78 Å². The second-order valence-corrected chi connectivity index (χ2v) is 9.28. The number of likely N-dealkylation sites (tertiary alicyclic amines) is 1. The summed E-state index contributed by atoms with van der Waals surface area (Å²) in [6.07, 6.45) is 0.557. The summed E-state index contributed by atoms with van der Waals surface area (Å²) >= 11 is 1.13. The fourth-order valence-electron chi connectivity index (χ4n) is 4.68. The third-order valence-electron chi connectivity index (χ3n) is 6.33. The lowest BCUT2D eigenvalue weighted by atomic mass is 9.98. The lowest BCUT2D eigenvalue weighted by Crippen LogP contribution is -2.42. The Hall–Kier alpha value is -3.72. The topological polar surface area (TPSA) is 109 Å². The maximum absolute atomic E-state index is 12.7. The number of anilines is 1. The van der Waals surface area contributed by atoms with Crippen LogP contribution in [0.5, 0.6) is 0 Å². The second kappa shape index (κ2) is 9.26. The first-order valence-electron chi connectivity index (χ1n) is 11.1. The molecule has 0 saturated carbocycles. The van der Waals surface area contributed by atoms with Crippen molar-refractivity contribution >= 4 is 34.4 Å². The van der Waals surface area contributed by atoms with Gasteiger partial charge in [-0.05, 0) is 35.1 Å². The van der Waals surface area contributed by atoms with E-state index in [1.54, 1.807) is 5.38 Å². The van der Waals surface area contributed by atoms with E-state index in [9.17, 15) is 19.5 Å². The van der Waals surface area contributed by atoms with E-state index in [2.05, 4.69) is 34.6 Å². The van der Waals surface area contributed by atoms with Gasteiger partial charge in [0.15, 0.2) is 5.13 Å². The first kappa shape index (κ1) is 22.1. The van der Waals surface area contributed by atoms with Gasteiger partial charge in [-0.3, -0.25) is 14.9 Å². The average Bonchev–Trinajstić information content (AvgIpc) is 3.45. The van der Waals surface area contributed by atoms with Gasteiger partial charge in [-0.1, -0.05) is 48.5 Å². The van der Waals surface area contributed by atoms with Crippen LogP contribution in [-0.4, -0.2) is 52.7 Å². The number of hydrogen-bond donors (Lipinski definition) is 2. The Labute approximate surface area is 200 Å². The number of ether oxygens (including phenoxy) is 1. The number of hydrogen-bond acceptors (Lipinski definition) is 6. The van der Waals surface area contributed by atoms with E-state index >= 15 is 0 Å². The zero-order chi connectivity index (χ0) is 23.7. The molecular weight excluding hydrogens is 454 g/mol. The quantitative estimate of drug-likeness (QED) is 0.562. The van der Waals surface area contributed by atoms with Gasteiger partial charge in [0.05, 0.1) is 5.92 Å². The smallest absolute Gasteiger partial charge is 0.413 e. The standard InChI is InChI=1S/C25H23N3O5S/c29-22(28-11-5-6-15(12-28)23(30)31)21-14-34-24(26-21)27-25(32)33-13-20-18-9-3-1-7-16(18)17-8-2-4-10-19(17)20/h1-4,7-10,14-15,20H,5-6,11-13H2,(H,30,31)(H,26,27,32)/t15-/m0/s1. The second-order valence-electron chi connectivity index (χ2n) is 8.42. The Morgan fingerprint density at radius 1 is 1.09 bits per heavy atom. The molecule has 5 rings (SSSR count). The minimum absolute atomic E-state index is 0.0483. The summed E-state index contributed by atoms with van der Waals surface area (Å²) in [5.41, 5.74) is 4.74. The molecule has 34 heavy (non-hydrogen) atoms. The monoisotopic (exact) mass is 477 g/mol. The molecule has 174 valence electrons. The number of rotatable bonds is 5. The van der Waals surface area contributed by atoms with Gasteiger partial charge in [-0.2, -0.15) is 0 Å². The largest absolute Gasteiger partial charge is 0.481 e. The maximum atomic E-state index is 12.7. The summed E-state index contributed by atoms with van der Waals surface area (Å²) in [4.78, 5) is 42.2. The number of aromatic nitrogens is 1. The van der Waals surface area contributed by atoms with E-state index in [-0.39, 0.29) is 35.8 Å². The van der Waals surface area contributed by atoms with Crippen LogP contribution in [0.4, 0.5) is 9.93 Å². The minimum Gasteiger partial charge on any atom is -0.481 e. The molecule has 8 nitrogen and oxygen atoms in total. The van der Waals surface area contributed by atoms with Crippen LogP contribution in [0.2, 0.25) is 0 Å². The summed E-state index contributed by atoms with van der Waals surface area (Å²) < 4.78 is 5.53. The minimum atomic E-state index is -0.895. The third kappa shape index (κ3) is 4.26. The molecule has 2 N–H and O–H groups in total. The summed E-state index contributed by atoms with van der Waals surface area (Å²) in [6, 6.07) is 16.2. The number of nitrogens with one attached hydrogen (secondary N) is 1. The molecule has 1 saturated heterocycles. The van der Waals surface area contributed by atoms with Crippen LogP contribution in [0.3, 0.4) is 0 Å². The van der Waals surface area contributed by atoms with Crippen molar-refractivity contribution in [2.75, 3.05) is 25.0 Å². The number of thiazole rings is 1. The zero-order valence-corrected chi connectivity index (χ0v) is 19.1. The third-order valence-corrected chi connectivity index (χ3v) is 7.09. The lowest BCUT2D eigenvalue weighted by Gasteiger charge is -2.30. The van der Waals surface area contributed by atoms with Crippen molar-refractivity contribution in [1.82, 2.24) is 9.88 Å². The van der Waals surface area contributed by atoms with Crippen LogP contribution in [0, 0.1) is 5.92 Å². The summed E-state index contributed by atoms with van der Waals surface area (Å²) in [7, 11) is 0. The number of amides is 2. The molecule has 1 aliphatic heterocycles. The van der Waals surface area contributed by atoms with Gasteiger partial charge < -0.3 is 14.7 Å². The van der Waals surface area contributed by atoms with Gasteiger partial charge >= 0.3 is 12.1 Å². The molecule has 2 aliphatic rings. The highest BCUT2D eigenvalue weighted by Crippen LogP contribution is 2.44. The molecular formula is C25H23N3O5S. The summed E-state index contributed by atoms with van der Waals surface area (Å²) in [5.74, 6) is -1.83. The van der Waals surface area contributed by atoms with Crippen molar-refractivity contribution in [2.24, 2.45) is 5.92 Å². The van der Waals surface area contributed by atoms with Gasteiger partial charge in [-0.15, -0.1) is 11.3 Å². The SMILES string of the molecule is O=C(Nc1nc(C(=O)N2CCC[C@H](C(=O)O)C2)cs1)OCC1c2ccccc2-c2ccccc21. The molecule has 0 bridgehead atoms. The average molecular weight is 478 g/mol. The number of carboxylic acid groups (broad SMARTS) is 1. The van der Waals surface area contributed by atoms with Crippen LogP contribution < -0.4 is 5.32 Å². The lowest BCUT2D eigenvalue weighted by molar-refractivity contribution is -0.143. The van der Waals surface area contributed by atoms with Crippen molar-refractivity contribution in [3.63, 3.8) is 0 Å². The normalized spacial score (nSPS) is 17.1. The van der Waals surface area contributed by atoms with Crippen molar-refractivity contribution in [1.29, 1.82) is 0 Å². The fraction of sp³-hybridized carbons (Fsp3) is 0.280. The fourth-order valence-corrected chi connectivity index (χ4v) is 5.35. The van der Waals surface area contributed by atoms with Crippen LogP contribution in [0.15, 0.2) is 53.9 Å². The Morgan fingerprint density at radius 2 is 1.76 bits per heavy atom. The molecule has 9 heteroatoms. The Bertz CT molecular complexity index is 1210. The number of carbonyl (C=O) groups is 3. The van der Waals surface area contributed by atoms with Crippen molar-refractivity contribution in [3.8, 4) is 11.1 Å². The molecule has 0 unspecified atom stereocenters. The van der Waals surface area contributed by atoms with E-state index in [4.69, 9.17) is 4.74 Å². The van der Waals surface area contributed by atoms with Gasteiger partial charge in [0, 0.05) is 24.4 Å². The van der Waals surface area contributed by atoms with Crippen molar-refractivity contribution < 1.29 is 24.2 Å². The Kier molecular flexibility index (Phi) is 6.02. The number of carboxylic acids is 1. The van der Waals surface area contributed by atoms with Crippen LogP contribution >= 0.6 is 11.3 Å². The highest BCUT2D eigenvalue weighted by atomic mass is 32.1. The Balaban J connectivity index is 1.20.